The number of carbonyl (C=O) groups excluding carboxylic acids is 1. The highest BCUT2D eigenvalue weighted by atomic mass is 16.1. The second-order valence-corrected chi connectivity index (χ2v) is 5.44. The smallest absolute Gasteiger partial charge is 0.225 e. The van der Waals surface area contributed by atoms with Gasteiger partial charge in [0.1, 0.15) is 5.69 Å². The minimum absolute atomic E-state index is 0.0829. The molecule has 1 aromatic rings. The molecule has 2 saturated carbocycles. The Morgan fingerprint density at radius 3 is 2.88 bits per heavy atom. The van der Waals surface area contributed by atoms with Crippen molar-refractivity contribution < 1.29 is 4.79 Å². The van der Waals surface area contributed by atoms with Crippen LogP contribution in [0.3, 0.4) is 0 Å². The van der Waals surface area contributed by atoms with Crippen molar-refractivity contribution in [3.63, 3.8) is 0 Å². The molecule has 0 radical (unpaired) electrons. The van der Waals surface area contributed by atoms with Crippen LogP contribution >= 0.6 is 0 Å². The predicted molar refractivity (Wildman–Crippen MR) is 63.3 cm³/mol. The van der Waals surface area contributed by atoms with E-state index < -0.39 is 0 Å². The zero-order chi connectivity index (χ0) is 11.8. The molecule has 0 spiro atoms. The SMILES string of the molecule is Cc1n[nH]nc1NC(=O)CC1CC2CCC1C2. The molecule has 3 unspecified atom stereocenters. The molecule has 2 aliphatic carbocycles. The normalized spacial score (nSPS) is 30.8. The number of rotatable bonds is 3. The van der Waals surface area contributed by atoms with E-state index in [0.29, 0.717) is 18.2 Å². The van der Waals surface area contributed by atoms with Crippen LogP contribution in [0, 0.1) is 24.7 Å². The number of H-pyrrole nitrogens is 1. The molecule has 1 amide bonds. The van der Waals surface area contributed by atoms with Crippen molar-refractivity contribution in [1.82, 2.24) is 15.4 Å². The van der Waals surface area contributed by atoms with Crippen molar-refractivity contribution in [1.29, 1.82) is 0 Å². The van der Waals surface area contributed by atoms with Gasteiger partial charge in [-0.3, -0.25) is 4.79 Å². The lowest BCUT2D eigenvalue weighted by Crippen LogP contribution is -2.20. The summed E-state index contributed by atoms with van der Waals surface area (Å²) in [6.07, 6.45) is 5.95. The summed E-state index contributed by atoms with van der Waals surface area (Å²) in [5, 5.41) is 13.1. The van der Waals surface area contributed by atoms with Crippen LogP contribution in [0.4, 0.5) is 5.82 Å². The molecule has 92 valence electrons. The number of nitrogens with one attached hydrogen (secondary N) is 2. The summed E-state index contributed by atoms with van der Waals surface area (Å²) in [5.74, 6) is 2.94. The fraction of sp³-hybridized carbons (Fsp3) is 0.750. The van der Waals surface area contributed by atoms with E-state index in [1.807, 2.05) is 6.92 Å². The highest BCUT2D eigenvalue weighted by Gasteiger charge is 2.40. The van der Waals surface area contributed by atoms with Crippen molar-refractivity contribution in [3.8, 4) is 0 Å². The van der Waals surface area contributed by atoms with E-state index in [4.69, 9.17) is 0 Å². The summed E-state index contributed by atoms with van der Waals surface area (Å²) < 4.78 is 0. The van der Waals surface area contributed by atoms with Gasteiger partial charge in [0.05, 0.1) is 0 Å². The van der Waals surface area contributed by atoms with Gasteiger partial charge in [-0.2, -0.15) is 10.3 Å². The summed E-state index contributed by atoms with van der Waals surface area (Å²) in [6, 6.07) is 0. The first kappa shape index (κ1) is 10.7. The summed E-state index contributed by atoms with van der Waals surface area (Å²) in [6.45, 7) is 1.83. The second kappa shape index (κ2) is 4.13. The molecule has 2 fully saturated rings. The molecule has 2 N–H and O–H groups in total. The van der Waals surface area contributed by atoms with Gasteiger partial charge in [0.2, 0.25) is 5.91 Å². The number of aromatic amines is 1. The maximum absolute atomic E-state index is 11.9. The van der Waals surface area contributed by atoms with Gasteiger partial charge in [-0.1, -0.05) is 6.42 Å². The molecule has 1 aromatic heterocycles. The standard InChI is InChI=1S/C12H18N4O/c1-7-12(15-16-14-7)13-11(17)6-10-5-8-2-3-9(10)4-8/h8-10H,2-6H2,1H3,(H2,13,14,15,16,17). The molecule has 17 heavy (non-hydrogen) atoms. The van der Waals surface area contributed by atoms with Crippen molar-refractivity contribution in [2.75, 3.05) is 5.32 Å². The second-order valence-electron chi connectivity index (χ2n) is 5.44. The first-order valence-corrected chi connectivity index (χ1v) is 6.39. The van der Waals surface area contributed by atoms with Crippen LogP contribution in [0.2, 0.25) is 0 Å². The van der Waals surface area contributed by atoms with Crippen LogP contribution in [0.25, 0.3) is 0 Å². The van der Waals surface area contributed by atoms with Gasteiger partial charge in [0.25, 0.3) is 0 Å². The van der Waals surface area contributed by atoms with Gasteiger partial charge in [0.15, 0.2) is 5.82 Å². The molecule has 2 bridgehead atoms. The van der Waals surface area contributed by atoms with Crippen molar-refractivity contribution in [3.05, 3.63) is 5.69 Å². The quantitative estimate of drug-likeness (QED) is 0.838. The maximum Gasteiger partial charge on any atom is 0.225 e. The molecule has 5 heteroatoms. The molecule has 0 aliphatic heterocycles. The first-order chi connectivity index (χ1) is 8.22. The fourth-order valence-electron chi connectivity index (χ4n) is 3.45. The third-order valence-corrected chi connectivity index (χ3v) is 4.31. The third-order valence-electron chi connectivity index (χ3n) is 4.31. The lowest BCUT2D eigenvalue weighted by Gasteiger charge is -2.20. The number of carbonyl (C=O) groups is 1. The number of aromatic nitrogens is 3. The number of amides is 1. The van der Waals surface area contributed by atoms with Gasteiger partial charge in [0, 0.05) is 6.42 Å². The minimum Gasteiger partial charge on any atom is -0.308 e. The summed E-state index contributed by atoms with van der Waals surface area (Å²) >= 11 is 0. The van der Waals surface area contributed by atoms with Crippen LogP contribution in [-0.2, 0) is 4.79 Å². The van der Waals surface area contributed by atoms with Crippen LogP contribution in [0.15, 0.2) is 0 Å². The Balaban J connectivity index is 1.56. The van der Waals surface area contributed by atoms with Crippen LogP contribution in [0.1, 0.15) is 37.8 Å². The van der Waals surface area contributed by atoms with E-state index >= 15 is 0 Å². The molecule has 0 aromatic carbocycles. The Morgan fingerprint density at radius 1 is 1.41 bits per heavy atom. The van der Waals surface area contributed by atoms with Gasteiger partial charge in [-0.25, -0.2) is 0 Å². The van der Waals surface area contributed by atoms with Crippen molar-refractivity contribution >= 4 is 11.7 Å². The van der Waals surface area contributed by atoms with Crippen LogP contribution < -0.4 is 5.32 Å². The number of hydrogen-bond donors (Lipinski definition) is 2. The van der Waals surface area contributed by atoms with E-state index in [2.05, 4.69) is 20.7 Å². The summed E-state index contributed by atoms with van der Waals surface area (Å²) in [5.41, 5.74) is 0.742. The van der Waals surface area contributed by atoms with Gasteiger partial charge in [-0.15, -0.1) is 5.10 Å². The fourth-order valence-corrected chi connectivity index (χ4v) is 3.45. The van der Waals surface area contributed by atoms with E-state index in [9.17, 15) is 4.79 Å². The van der Waals surface area contributed by atoms with Crippen molar-refractivity contribution in [2.45, 2.75) is 39.0 Å². The van der Waals surface area contributed by atoms with Crippen LogP contribution in [0.5, 0.6) is 0 Å². The maximum atomic E-state index is 11.9. The third kappa shape index (κ3) is 2.06. The van der Waals surface area contributed by atoms with Crippen molar-refractivity contribution in [2.24, 2.45) is 17.8 Å². The van der Waals surface area contributed by atoms with Gasteiger partial charge in [-0.05, 0) is 43.9 Å². The molecule has 1 heterocycles. The zero-order valence-corrected chi connectivity index (χ0v) is 10.1. The van der Waals surface area contributed by atoms with E-state index in [-0.39, 0.29) is 5.91 Å². The van der Waals surface area contributed by atoms with Gasteiger partial charge >= 0.3 is 0 Å². The molecule has 0 saturated heterocycles. The average molecular weight is 234 g/mol. The van der Waals surface area contributed by atoms with E-state index in [0.717, 1.165) is 17.5 Å². The lowest BCUT2D eigenvalue weighted by atomic mass is 9.86. The highest BCUT2D eigenvalue weighted by molar-refractivity contribution is 5.90. The number of fused-ring (bicyclic) bond motifs is 2. The Kier molecular flexibility index (Phi) is 2.61. The molecule has 5 nitrogen and oxygen atoms in total. The Hall–Kier alpha value is -1.39. The number of hydrogen-bond acceptors (Lipinski definition) is 3. The monoisotopic (exact) mass is 234 g/mol. The molecular weight excluding hydrogens is 216 g/mol. The Labute approximate surface area is 100 Å². The molecular formula is C12H18N4O. The van der Waals surface area contributed by atoms with E-state index in [1.54, 1.807) is 0 Å². The Bertz CT molecular complexity index is 428. The summed E-state index contributed by atoms with van der Waals surface area (Å²) in [7, 11) is 0. The van der Waals surface area contributed by atoms with Gasteiger partial charge < -0.3 is 5.32 Å². The largest absolute Gasteiger partial charge is 0.308 e. The molecule has 2 aliphatic rings. The van der Waals surface area contributed by atoms with E-state index in [1.165, 1.54) is 25.7 Å². The van der Waals surface area contributed by atoms with Crippen LogP contribution in [-0.4, -0.2) is 21.3 Å². The molecule has 3 atom stereocenters. The summed E-state index contributed by atoms with van der Waals surface area (Å²) in [4.78, 5) is 11.9. The topological polar surface area (TPSA) is 70.7 Å². The average Bonchev–Trinajstić information content (AvgIpc) is 2.96. The number of aryl methyl sites for hydroxylation is 1. The lowest BCUT2D eigenvalue weighted by molar-refractivity contribution is -0.117. The highest BCUT2D eigenvalue weighted by Crippen LogP contribution is 2.49. The Morgan fingerprint density at radius 2 is 2.29 bits per heavy atom. The minimum atomic E-state index is 0.0829. The molecule has 3 rings (SSSR count). The predicted octanol–water partition coefficient (Wildman–Crippen LogP) is 1.88. The zero-order valence-electron chi connectivity index (χ0n) is 10.1. The number of anilines is 1. The first-order valence-electron chi connectivity index (χ1n) is 6.39. The number of nitrogens with zero attached hydrogens (tertiary/aromatic N) is 2.